The van der Waals surface area contributed by atoms with E-state index in [1.807, 2.05) is 18.2 Å². The number of hydrogen-bond acceptors (Lipinski definition) is 3. The Morgan fingerprint density at radius 2 is 1.55 bits per heavy atom. The summed E-state index contributed by atoms with van der Waals surface area (Å²) in [7, 11) is 0. The molecule has 3 heteroatoms. The maximum absolute atomic E-state index is 6.43. The highest BCUT2D eigenvalue weighted by Crippen LogP contribution is 2.37. The van der Waals surface area contributed by atoms with E-state index < -0.39 is 0 Å². The smallest absolute Gasteiger partial charge is 0.136 e. The van der Waals surface area contributed by atoms with E-state index in [2.05, 4.69) is 105 Å². The van der Waals surface area contributed by atoms with Gasteiger partial charge in [-0.2, -0.15) is 0 Å². The number of nitrogens with zero attached hydrogens (tertiary/aromatic N) is 2. The van der Waals surface area contributed by atoms with E-state index in [1.165, 1.54) is 27.8 Å². The molecule has 2 unspecified atom stereocenters. The maximum Gasteiger partial charge on any atom is 0.136 e. The number of furan rings is 1. The van der Waals surface area contributed by atoms with Crippen molar-refractivity contribution in [1.82, 2.24) is 0 Å². The Hall–Kier alpha value is -4.76. The molecular formula is C37H30N2O. The molecule has 2 atom stereocenters. The molecule has 5 aromatic rings. The maximum atomic E-state index is 6.43. The lowest BCUT2D eigenvalue weighted by Crippen LogP contribution is -2.27. The molecule has 2 aliphatic heterocycles. The molecule has 1 aromatic heterocycles. The van der Waals surface area contributed by atoms with Crippen LogP contribution in [0.4, 0.5) is 0 Å². The lowest BCUT2D eigenvalue weighted by atomic mass is 9.81. The van der Waals surface area contributed by atoms with E-state index in [1.54, 1.807) is 0 Å². The molecular weight excluding hydrogens is 488 g/mol. The van der Waals surface area contributed by atoms with Gasteiger partial charge in [0.15, 0.2) is 0 Å². The van der Waals surface area contributed by atoms with Crippen molar-refractivity contribution in [3.63, 3.8) is 0 Å². The first kappa shape index (κ1) is 24.3. The summed E-state index contributed by atoms with van der Waals surface area (Å²) in [5, 5.41) is 2.21. The van der Waals surface area contributed by atoms with Crippen LogP contribution >= 0.6 is 0 Å². The molecule has 0 fully saturated rings. The highest BCUT2D eigenvalue weighted by atomic mass is 16.3. The second-order valence-electron chi connectivity index (χ2n) is 10.6. The molecule has 0 saturated carbocycles. The summed E-state index contributed by atoms with van der Waals surface area (Å²) >= 11 is 0. The second-order valence-corrected chi connectivity index (χ2v) is 10.6. The number of hydrogen-bond donors (Lipinski definition) is 0. The average molecular weight is 519 g/mol. The van der Waals surface area contributed by atoms with Crippen LogP contribution in [0.25, 0.3) is 33.1 Å². The monoisotopic (exact) mass is 518 g/mol. The molecule has 2 aliphatic rings. The molecule has 194 valence electrons. The van der Waals surface area contributed by atoms with Crippen molar-refractivity contribution < 1.29 is 4.42 Å². The Balaban J connectivity index is 1.31. The summed E-state index contributed by atoms with van der Waals surface area (Å²) in [5.74, 6) is 0.254. The van der Waals surface area contributed by atoms with Gasteiger partial charge in [0.1, 0.15) is 11.2 Å². The van der Waals surface area contributed by atoms with Gasteiger partial charge in [0.05, 0.1) is 24.0 Å². The molecule has 0 aliphatic carbocycles. The quantitative estimate of drug-likeness (QED) is 0.219. The van der Waals surface area contributed by atoms with Gasteiger partial charge in [-0.1, -0.05) is 86.8 Å². The largest absolute Gasteiger partial charge is 0.456 e. The number of benzene rings is 4. The summed E-state index contributed by atoms with van der Waals surface area (Å²) in [4.78, 5) is 10.2. The molecule has 0 N–H and O–H groups in total. The molecule has 0 bridgehead atoms. The van der Waals surface area contributed by atoms with Crippen LogP contribution in [0.5, 0.6) is 0 Å². The van der Waals surface area contributed by atoms with Gasteiger partial charge in [-0.3, -0.25) is 9.98 Å². The minimum absolute atomic E-state index is 0.0191. The molecule has 0 spiro atoms. The van der Waals surface area contributed by atoms with E-state index in [9.17, 15) is 0 Å². The number of rotatable bonds is 4. The van der Waals surface area contributed by atoms with E-state index in [4.69, 9.17) is 14.4 Å². The molecule has 3 nitrogen and oxygen atoms in total. The van der Waals surface area contributed by atoms with Gasteiger partial charge in [0, 0.05) is 27.8 Å². The Morgan fingerprint density at radius 3 is 2.38 bits per heavy atom. The number of allylic oxidation sites excluding steroid dienone is 3. The fraction of sp³-hybridized carbons (Fsp3) is 0.135. The number of aliphatic imine (C=N–C) groups is 2. The predicted molar refractivity (Wildman–Crippen MR) is 168 cm³/mol. The topological polar surface area (TPSA) is 37.9 Å². The van der Waals surface area contributed by atoms with Gasteiger partial charge < -0.3 is 4.42 Å². The van der Waals surface area contributed by atoms with Crippen LogP contribution in [0.15, 0.2) is 136 Å². The van der Waals surface area contributed by atoms with Crippen LogP contribution in [-0.2, 0) is 6.42 Å². The third kappa shape index (κ3) is 3.97. The summed E-state index contributed by atoms with van der Waals surface area (Å²) in [5.41, 5.74) is 12.0. The van der Waals surface area contributed by atoms with E-state index in [0.717, 1.165) is 50.9 Å². The van der Waals surface area contributed by atoms with Crippen LogP contribution in [0.2, 0.25) is 0 Å². The van der Waals surface area contributed by atoms with Crippen LogP contribution in [-0.4, -0.2) is 24.0 Å². The van der Waals surface area contributed by atoms with Crippen molar-refractivity contribution in [3.8, 4) is 11.1 Å². The first-order valence-corrected chi connectivity index (χ1v) is 13.8. The predicted octanol–water partition coefficient (Wildman–Crippen LogP) is 8.87. The standard InChI is InChI=1S/C37H30N2O/c1-4-33-31-21-32-30-18-17-25(24-11-7-6-8-12-24)19-35(30)40-36(32)20-26(31)15-16-27(22-38-33)37-23(3)28-13-9-10-14-29(28)34(5-2)39-37/h4-14,16-21,23,37H,1-2,15,22H2,3H3/b27-16+,38-33-. The van der Waals surface area contributed by atoms with Crippen molar-refractivity contribution in [2.45, 2.75) is 25.3 Å². The lowest BCUT2D eigenvalue weighted by Gasteiger charge is -2.30. The fourth-order valence-electron chi connectivity index (χ4n) is 6.23. The summed E-state index contributed by atoms with van der Waals surface area (Å²) in [6.07, 6.45) is 6.85. The van der Waals surface area contributed by atoms with Crippen LogP contribution in [0.3, 0.4) is 0 Å². The Labute approximate surface area is 234 Å². The van der Waals surface area contributed by atoms with Crippen molar-refractivity contribution in [3.05, 3.63) is 144 Å². The van der Waals surface area contributed by atoms with E-state index in [-0.39, 0.29) is 12.0 Å². The number of fused-ring (bicyclic) bond motifs is 5. The highest BCUT2D eigenvalue weighted by molar-refractivity contribution is 6.15. The van der Waals surface area contributed by atoms with Crippen molar-refractivity contribution in [2.24, 2.45) is 9.98 Å². The van der Waals surface area contributed by atoms with E-state index >= 15 is 0 Å². The van der Waals surface area contributed by atoms with Gasteiger partial charge in [-0.15, -0.1) is 0 Å². The average Bonchev–Trinajstić information content (AvgIpc) is 3.35. The van der Waals surface area contributed by atoms with Gasteiger partial charge >= 0.3 is 0 Å². The minimum Gasteiger partial charge on any atom is -0.456 e. The van der Waals surface area contributed by atoms with Crippen molar-refractivity contribution >= 4 is 33.4 Å². The molecule has 0 amide bonds. The fourth-order valence-corrected chi connectivity index (χ4v) is 6.23. The lowest BCUT2D eigenvalue weighted by molar-refractivity contribution is 0.616. The van der Waals surface area contributed by atoms with Gasteiger partial charge in [0.25, 0.3) is 0 Å². The molecule has 0 saturated heterocycles. The Bertz CT molecular complexity index is 1900. The molecule has 7 rings (SSSR count). The highest BCUT2D eigenvalue weighted by Gasteiger charge is 2.30. The van der Waals surface area contributed by atoms with Crippen LogP contribution in [0.1, 0.15) is 35.1 Å². The van der Waals surface area contributed by atoms with Gasteiger partial charge in [-0.05, 0) is 70.7 Å². The summed E-state index contributed by atoms with van der Waals surface area (Å²) in [6, 6.07) is 29.8. The third-order valence-corrected chi connectivity index (χ3v) is 8.34. The molecule has 0 radical (unpaired) electrons. The normalized spacial score (nSPS) is 21.2. The first-order chi connectivity index (χ1) is 19.6. The zero-order valence-electron chi connectivity index (χ0n) is 22.6. The van der Waals surface area contributed by atoms with E-state index in [0.29, 0.717) is 6.54 Å². The van der Waals surface area contributed by atoms with Crippen LogP contribution < -0.4 is 0 Å². The van der Waals surface area contributed by atoms with Crippen molar-refractivity contribution in [2.75, 3.05) is 6.54 Å². The van der Waals surface area contributed by atoms with Gasteiger partial charge in [0.2, 0.25) is 0 Å². The molecule has 40 heavy (non-hydrogen) atoms. The van der Waals surface area contributed by atoms with Crippen LogP contribution in [0, 0.1) is 0 Å². The minimum atomic E-state index is 0.0191. The molecule has 3 heterocycles. The Morgan fingerprint density at radius 1 is 0.775 bits per heavy atom. The SMILES string of the molecule is C=CC1=NC(/C2=C/Cc3cc4oc5cc(-c6ccccc6)ccc5c4cc3/C(C=C)=N\C2)C(C)c2ccccc21. The second kappa shape index (κ2) is 9.77. The first-order valence-electron chi connectivity index (χ1n) is 13.8. The third-order valence-electron chi connectivity index (χ3n) is 8.34. The van der Waals surface area contributed by atoms with Crippen molar-refractivity contribution in [1.29, 1.82) is 0 Å². The molecule has 4 aromatic carbocycles. The summed E-state index contributed by atoms with van der Waals surface area (Å²) in [6.45, 7) is 11.0. The zero-order chi connectivity index (χ0) is 27.2. The summed E-state index contributed by atoms with van der Waals surface area (Å²) < 4.78 is 6.43. The van der Waals surface area contributed by atoms with Gasteiger partial charge in [-0.25, -0.2) is 0 Å². The zero-order valence-corrected chi connectivity index (χ0v) is 22.6. The Kier molecular flexibility index (Phi) is 5.93.